The van der Waals surface area contributed by atoms with Crippen molar-refractivity contribution >= 4 is 11.3 Å². The maximum Gasteiger partial charge on any atom is 0.277 e. The summed E-state index contributed by atoms with van der Waals surface area (Å²) in [7, 11) is 0. The van der Waals surface area contributed by atoms with Crippen molar-refractivity contribution in [1.82, 2.24) is 15.1 Å². The molecule has 0 radical (unpaired) electrons. The summed E-state index contributed by atoms with van der Waals surface area (Å²) in [6.45, 7) is 3.98. The molecule has 0 saturated heterocycles. The molecule has 0 spiro atoms. The van der Waals surface area contributed by atoms with E-state index in [0.29, 0.717) is 23.8 Å². The van der Waals surface area contributed by atoms with E-state index in [1.54, 1.807) is 0 Å². The Bertz CT molecular complexity index is 747. The van der Waals surface area contributed by atoms with Gasteiger partial charge in [-0.3, -0.25) is 0 Å². The number of hydrogen-bond acceptors (Lipinski definition) is 6. The number of aromatic nitrogens is 3. The molecule has 2 heterocycles. The van der Waals surface area contributed by atoms with Gasteiger partial charge in [-0.1, -0.05) is 29.4 Å². The van der Waals surface area contributed by atoms with Crippen molar-refractivity contribution in [1.29, 1.82) is 0 Å². The van der Waals surface area contributed by atoms with Gasteiger partial charge in [-0.05, 0) is 25.0 Å². The van der Waals surface area contributed by atoms with Gasteiger partial charge in [-0.2, -0.15) is 4.98 Å². The van der Waals surface area contributed by atoms with E-state index in [0.717, 1.165) is 5.01 Å². The number of aryl methyl sites for hydroxylation is 1. The van der Waals surface area contributed by atoms with Crippen LogP contribution in [0.4, 0.5) is 0 Å². The quantitative estimate of drug-likeness (QED) is 0.801. The maximum atomic E-state index is 5.81. The van der Waals surface area contributed by atoms with Gasteiger partial charge in [-0.25, -0.2) is 4.98 Å². The SMILES string of the molecule is Cc1ccccc1Cc1noc(-c2csc(C(C)N)n2)n1. The zero-order valence-corrected chi connectivity index (χ0v) is 12.7. The third-order valence-corrected chi connectivity index (χ3v) is 4.25. The third-order valence-electron chi connectivity index (χ3n) is 3.21. The van der Waals surface area contributed by atoms with Crippen LogP contribution in [0.2, 0.25) is 0 Å². The smallest absolute Gasteiger partial charge is 0.277 e. The summed E-state index contributed by atoms with van der Waals surface area (Å²) in [4.78, 5) is 8.83. The number of benzene rings is 1. The minimum absolute atomic E-state index is 0.0851. The number of rotatable bonds is 4. The van der Waals surface area contributed by atoms with Crippen LogP contribution in [0.15, 0.2) is 34.2 Å². The minimum Gasteiger partial charge on any atom is -0.332 e. The Morgan fingerprint density at radius 3 is 2.81 bits per heavy atom. The predicted molar refractivity (Wildman–Crippen MR) is 82.0 cm³/mol. The molecule has 0 aliphatic carbocycles. The number of nitrogens with two attached hydrogens (primary N) is 1. The van der Waals surface area contributed by atoms with E-state index in [1.165, 1.54) is 22.5 Å². The molecule has 0 fully saturated rings. The fourth-order valence-electron chi connectivity index (χ4n) is 2.00. The lowest BCUT2D eigenvalue weighted by atomic mass is 10.1. The molecule has 3 rings (SSSR count). The third kappa shape index (κ3) is 3.01. The summed E-state index contributed by atoms with van der Waals surface area (Å²) in [5.41, 5.74) is 8.91. The second kappa shape index (κ2) is 5.75. The van der Waals surface area contributed by atoms with Crippen LogP contribution >= 0.6 is 11.3 Å². The Morgan fingerprint density at radius 1 is 1.29 bits per heavy atom. The van der Waals surface area contributed by atoms with Crippen LogP contribution in [-0.4, -0.2) is 15.1 Å². The average Bonchev–Trinajstić information content (AvgIpc) is 3.10. The highest BCUT2D eigenvalue weighted by Gasteiger charge is 2.14. The molecule has 0 aliphatic heterocycles. The Morgan fingerprint density at radius 2 is 2.10 bits per heavy atom. The maximum absolute atomic E-state index is 5.81. The first-order valence-electron chi connectivity index (χ1n) is 6.72. The summed E-state index contributed by atoms with van der Waals surface area (Å²) in [6, 6.07) is 8.09. The van der Waals surface area contributed by atoms with Crippen molar-refractivity contribution in [3.63, 3.8) is 0 Å². The molecule has 1 atom stereocenters. The van der Waals surface area contributed by atoms with Gasteiger partial charge in [0.05, 0.1) is 6.04 Å². The first kappa shape index (κ1) is 13.9. The molecule has 21 heavy (non-hydrogen) atoms. The minimum atomic E-state index is -0.0851. The van der Waals surface area contributed by atoms with Gasteiger partial charge >= 0.3 is 0 Å². The average molecular weight is 300 g/mol. The van der Waals surface area contributed by atoms with Crippen LogP contribution in [0.1, 0.15) is 34.9 Å². The van der Waals surface area contributed by atoms with Crippen molar-refractivity contribution in [3.05, 3.63) is 51.6 Å². The second-order valence-corrected chi connectivity index (χ2v) is 5.87. The van der Waals surface area contributed by atoms with Crippen molar-refractivity contribution in [3.8, 4) is 11.6 Å². The highest BCUT2D eigenvalue weighted by atomic mass is 32.1. The largest absolute Gasteiger partial charge is 0.332 e. The molecule has 0 aliphatic rings. The van der Waals surface area contributed by atoms with Gasteiger partial charge in [0.1, 0.15) is 10.7 Å². The Kier molecular flexibility index (Phi) is 3.81. The van der Waals surface area contributed by atoms with E-state index in [1.807, 2.05) is 24.4 Å². The molecule has 0 amide bonds. The molecule has 108 valence electrons. The van der Waals surface area contributed by atoms with Crippen LogP contribution in [0.3, 0.4) is 0 Å². The van der Waals surface area contributed by atoms with Crippen LogP contribution in [-0.2, 0) is 6.42 Å². The lowest BCUT2D eigenvalue weighted by molar-refractivity contribution is 0.422. The number of nitrogens with zero attached hydrogens (tertiary/aromatic N) is 3. The van der Waals surface area contributed by atoms with Crippen molar-refractivity contribution < 1.29 is 4.52 Å². The molecule has 0 bridgehead atoms. The van der Waals surface area contributed by atoms with Crippen molar-refractivity contribution in [2.75, 3.05) is 0 Å². The highest BCUT2D eigenvalue weighted by Crippen LogP contribution is 2.23. The van der Waals surface area contributed by atoms with Crippen LogP contribution < -0.4 is 5.73 Å². The lowest BCUT2D eigenvalue weighted by Crippen LogP contribution is -2.03. The highest BCUT2D eigenvalue weighted by molar-refractivity contribution is 7.10. The molecule has 1 unspecified atom stereocenters. The predicted octanol–water partition coefficient (Wildman–Crippen LogP) is 3.11. The van der Waals surface area contributed by atoms with E-state index in [4.69, 9.17) is 10.3 Å². The van der Waals surface area contributed by atoms with Crippen molar-refractivity contribution in [2.24, 2.45) is 5.73 Å². The number of hydrogen-bond donors (Lipinski definition) is 1. The van der Waals surface area contributed by atoms with E-state index < -0.39 is 0 Å². The summed E-state index contributed by atoms with van der Waals surface area (Å²) >= 11 is 1.50. The van der Waals surface area contributed by atoms with E-state index in [2.05, 4.69) is 34.2 Å². The van der Waals surface area contributed by atoms with Crippen LogP contribution in [0, 0.1) is 6.92 Å². The van der Waals surface area contributed by atoms with E-state index in [9.17, 15) is 0 Å². The first-order chi connectivity index (χ1) is 10.1. The standard InChI is InChI=1S/C15H16N4OS/c1-9-5-3-4-6-11(9)7-13-18-14(20-19-13)12-8-21-15(17-12)10(2)16/h3-6,8,10H,7,16H2,1-2H3. The molecule has 2 N–H and O–H groups in total. The molecular weight excluding hydrogens is 284 g/mol. The van der Waals surface area contributed by atoms with Gasteiger partial charge in [0.15, 0.2) is 5.82 Å². The number of thiazole rings is 1. The zero-order chi connectivity index (χ0) is 14.8. The molecule has 6 heteroatoms. The summed E-state index contributed by atoms with van der Waals surface area (Å²) < 4.78 is 5.30. The van der Waals surface area contributed by atoms with Gasteiger partial charge in [0.2, 0.25) is 0 Å². The zero-order valence-electron chi connectivity index (χ0n) is 11.9. The van der Waals surface area contributed by atoms with Crippen LogP contribution in [0.5, 0.6) is 0 Å². The first-order valence-corrected chi connectivity index (χ1v) is 7.60. The second-order valence-electron chi connectivity index (χ2n) is 4.98. The monoisotopic (exact) mass is 300 g/mol. The molecule has 3 aromatic rings. The summed E-state index contributed by atoms with van der Waals surface area (Å²) in [6.07, 6.45) is 0.653. The molecule has 2 aromatic heterocycles. The van der Waals surface area contributed by atoms with Crippen molar-refractivity contribution in [2.45, 2.75) is 26.3 Å². The topological polar surface area (TPSA) is 77.8 Å². The normalized spacial score (nSPS) is 12.5. The Balaban J connectivity index is 1.81. The van der Waals surface area contributed by atoms with Gasteiger partial charge in [0, 0.05) is 11.8 Å². The Hall–Kier alpha value is -2.05. The lowest BCUT2D eigenvalue weighted by Gasteiger charge is -2.00. The van der Waals surface area contributed by atoms with Gasteiger partial charge in [0.25, 0.3) is 5.89 Å². The molecule has 1 aromatic carbocycles. The van der Waals surface area contributed by atoms with E-state index >= 15 is 0 Å². The fourth-order valence-corrected chi connectivity index (χ4v) is 2.76. The van der Waals surface area contributed by atoms with E-state index in [-0.39, 0.29) is 6.04 Å². The molecule has 0 saturated carbocycles. The van der Waals surface area contributed by atoms with Crippen LogP contribution in [0.25, 0.3) is 11.6 Å². The molecular formula is C15H16N4OS. The van der Waals surface area contributed by atoms with Gasteiger partial charge in [-0.15, -0.1) is 11.3 Å². The summed E-state index contributed by atoms with van der Waals surface area (Å²) in [5.74, 6) is 1.11. The fraction of sp³-hybridized carbons (Fsp3) is 0.267. The molecule has 5 nitrogen and oxygen atoms in total. The van der Waals surface area contributed by atoms with Gasteiger partial charge < -0.3 is 10.3 Å². The summed E-state index contributed by atoms with van der Waals surface area (Å²) in [5, 5.41) is 6.79. The Labute approximate surface area is 126 Å².